The van der Waals surface area contributed by atoms with E-state index in [4.69, 9.17) is 23.2 Å². The van der Waals surface area contributed by atoms with Crippen LogP contribution >= 0.6 is 34.5 Å². The summed E-state index contributed by atoms with van der Waals surface area (Å²) in [4.78, 5) is 11.0. The van der Waals surface area contributed by atoms with Gasteiger partial charge in [-0.3, -0.25) is 0 Å². The van der Waals surface area contributed by atoms with Crippen LogP contribution in [0.3, 0.4) is 0 Å². The fourth-order valence-corrected chi connectivity index (χ4v) is 4.90. The van der Waals surface area contributed by atoms with E-state index in [-0.39, 0.29) is 10.3 Å². The molecule has 0 amide bonds. The Morgan fingerprint density at radius 1 is 1.29 bits per heavy atom. The number of anilines is 2. The molecule has 1 N–H and O–H groups in total. The molecule has 2 heterocycles. The van der Waals surface area contributed by atoms with Gasteiger partial charge >= 0.3 is 0 Å². The lowest BCUT2D eigenvalue weighted by molar-refractivity contribution is 0.509. The first kappa shape index (κ1) is 16.1. The van der Waals surface area contributed by atoms with E-state index in [1.54, 1.807) is 23.5 Å². The van der Waals surface area contributed by atoms with E-state index >= 15 is 0 Å². The third kappa shape index (κ3) is 2.85. The maximum Gasteiger partial charge on any atom is 0.225 e. The number of thiophene rings is 1. The summed E-state index contributed by atoms with van der Waals surface area (Å²) in [6.45, 7) is 2.27. The van der Waals surface area contributed by atoms with Gasteiger partial charge in [0, 0.05) is 10.6 Å². The number of fused-ring (bicyclic) bond motifs is 3. The van der Waals surface area contributed by atoms with Crippen LogP contribution in [0.1, 0.15) is 23.8 Å². The first-order chi connectivity index (χ1) is 11.5. The highest BCUT2D eigenvalue weighted by Gasteiger charge is 2.24. The smallest absolute Gasteiger partial charge is 0.225 e. The van der Waals surface area contributed by atoms with Crippen molar-refractivity contribution in [3.05, 3.63) is 44.8 Å². The van der Waals surface area contributed by atoms with Gasteiger partial charge in [-0.25, -0.2) is 9.37 Å². The summed E-state index contributed by atoms with van der Waals surface area (Å²) in [7, 11) is 0. The van der Waals surface area contributed by atoms with Crippen LogP contribution in [0, 0.1) is 11.7 Å². The molecular weight excluding hydrogens is 368 g/mol. The van der Waals surface area contributed by atoms with E-state index in [2.05, 4.69) is 22.2 Å². The van der Waals surface area contributed by atoms with Crippen molar-refractivity contribution in [3.63, 3.8) is 0 Å². The van der Waals surface area contributed by atoms with Gasteiger partial charge in [-0.2, -0.15) is 4.98 Å². The Hall–Kier alpha value is -1.43. The van der Waals surface area contributed by atoms with E-state index in [1.807, 2.05) is 0 Å². The van der Waals surface area contributed by atoms with E-state index < -0.39 is 5.82 Å². The number of rotatable bonds is 2. The lowest BCUT2D eigenvalue weighted by atomic mass is 9.89. The lowest BCUT2D eigenvalue weighted by Gasteiger charge is -2.18. The Balaban J connectivity index is 1.83. The zero-order chi connectivity index (χ0) is 16.8. The average Bonchev–Trinajstić information content (AvgIpc) is 2.87. The minimum Gasteiger partial charge on any atom is -0.339 e. The number of nitrogens with zero attached hydrogens (tertiary/aromatic N) is 2. The number of aromatic nitrogens is 2. The van der Waals surface area contributed by atoms with Gasteiger partial charge in [0.2, 0.25) is 5.28 Å². The molecule has 1 aromatic carbocycles. The SMILES string of the molecule is CC1CCc2c(sc3nc(Cl)nc(Nc4ccc(F)c(Cl)c4)c23)C1. The lowest BCUT2D eigenvalue weighted by Crippen LogP contribution is -2.09. The third-order valence-corrected chi connectivity index (χ3v) is 5.92. The maximum absolute atomic E-state index is 13.4. The summed E-state index contributed by atoms with van der Waals surface area (Å²) in [5.41, 5.74) is 1.97. The van der Waals surface area contributed by atoms with E-state index in [0.29, 0.717) is 17.4 Å². The summed E-state index contributed by atoms with van der Waals surface area (Å²) in [5.74, 6) is 0.885. The molecule has 0 fully saturated rings. The van der Waals surface area contributed by atoms with Crippen LogP contribution in [0.5, 0.6) is 0 Å². The number of benzene rings is 1. The number of nitrogens with one attached hydrogen (secondary N) is 1. The first-order valence-electron chi connectivity index (χ1n) is 7.71. The Kier molecular flexibility index (Phi) is 4.11. The second kappa shape index (κ2) is 6.14. The summed E-state index contributed by atoms with van der Waals surface area (Å²) in [5, 5.41) is 4.51. The zero-order valence-corrected chi connectivity index (χ0v) is 15.2. The quantitative estimate of drug-likeness (QED) is 0.552. The molecule has 3 aromatic rings. The maximum atomic E-state index is 13.4. The molecule has 1 aliphatic carbocycles. The summed E-state index contributed by atoms with van der Waals surface area (Å²) in [6.07, 6.45) is 3.24. The summed E-state index contributed by atoms with van der Waals surface area (Å²) < 4.78 is 13.4. The molecule has 124 valence electrons. The first-order valence-corrected chi connectivity index (χ1v) is 9.28. The van der Waals surface area contributed by atoms with Gasteiger partial charge in [-0.15, -0.1) is 11.3 Å². The van der Waals surface area contributed by atoms with Crippen LogP contribution in [-0.2, 0) is 12.8 Å². The Morgan fingerprint density at radius 2 is 2.12 bits per heavy atom. The van der Waals surface area contributed by atoms with Crippen molar-refractivity contribution in [1.82, 2.24) is 9.97 Å². The van der Waals surface area contributed by atoms with Crippen molar-refractivity contribution in [2.24, 2.45) is 5.92 Å². The zero-order valence-electron chi connectivity index (χ0n) is 12.9. The largest absolute Gasteiger partial charge is 0.339 e. The number of aryl methyl sites for hydroxylation is 1. The minimum atomic E-state index is -0.449. The van der Waals surface area contributed by atoms with Gasteiger partial charge in [0.1, 0.15) is 16.5 Å². The Labute approximate surface area is 152 Å². The molecule has 1 unspecified atom stereocenters. The summed E-state index contributed by atoms with van der Waals surface area (Å²) >= 11 is 13.7. The molecule has 4 rings (SSSR count). The molecule has 0 aliphatic heterocycles. The van der Waals surface area contributed by atoms with Crippen LogP contribution < -0.4 is 5.32 Å². The van der Waals surface area contributed by atoms with Gasteiger partial charge in [-0.05, 0) is 60.5 Å². The Bertz CT molecular complexity index is 941. The Morgan fingerprint density at radius 3 is 2.92 bits per heavy atom. The summed E-state index contributed by atoms with van der Waals surface area (Å²) in [6, 6.07) is 4.50. The molecule has 0 radical (unpaired) electrons. The normalized spacial score (nSPS) is 17.1. The van der Waals surface area contributed by atoms with Crippen LogP contribution in [0.25, 0.3) is 10.2 Å². The average molecular weight is 382 g/mol. The van der Waals surface area contributed by atoms with Gasteiger partial charge < -0.3 is 5.32 Å². The van der Waals surface area contributed by atoms with Crippen molar-refractivity contribution in [3.8, 4) is 0 Å². The molecule has 0 saturated carbocycles. The fraction of sp³-hybridized carbons (Fsp3) is 0.294. The highest BCUT2D eigenvalue weighted by molar-refractivity contribution is 7.19. The number of hydrogen-bond donors (Lipinski definition) is 1. The molecule has 1 atom stereocenters. The van der Waals surface area contributed by atoms with Crippen molar-refractivity contribution in [2.75, 3.05) is 5.32 Å². The van der Waals surface area contributed by atoms with Gasteiger partial charge in [0.25, 0.3) is 0 Å². The molecule has 0 spiro atoms. The van der Waals surface area contributed by atoms with Crippen molar-refractivity contribution in [1.29, 1.82) is 0 Å². The number of hydrogen-bond acceptors (Lipinski definition) is 4. The monoisotopic (exact) mass is 381 g/mol. The van der Waals surface area contributed by atoms with Crippen LogP contribution in [-0.4, -0.2) is 9.97 Å². The predicted molar refractivity (Wildman–Crippen MR) is 98.3 cm³/mol. The second-order valence-electron chi connectivity index (χ2n) is 6.13. The molecule has 0 bridgehead atoms. The highest BCUT2D eigenvalue weighted by Crippen LogP contribution is 2.41. The molecule has 0 saturated heterocycles. The van der Waals surface area contributed by atoms with Crippen molar-refractivity contribution >= 4 is 56.3 Å². The predicted octanol–water partition coefficient (Wildman–Crippen LogP) is 6.01. The van der Waals surface area contributed by atoms with Crippen molar-refractivity contribution < 1.29 is 4.39 Å². The fourth-order valence-electron chi connectivity index (χ4n) is 3.12. The minimum absolute atomic E-state index is 0.0672. The van der Waals surface area contributed by atoms with E-state index in [1.165, 1.54) is 16.5 Å². The molecular formula is C17H14Cl2FN3S. The van der Waals surface area contributed by atoms with E-state index in [0.717, 1.165) is 29.5 Å². The standard InChI is InChI=1S/C17H14Cl2FN3S/c1-8-2-4-10-13(6-8)24-16-14(10)15(22-17(19)23-16)21-9-3-5-12(20)11(18)7-9/h3,5,7-8H,2,4,6H2,1H3,(H,21,22,23). The second-order valence-corrected chi connectivity index (χ2v) is 7.96. The van der Waals surface area contributed by atoms with Gasteiger partial charge in [0.05, 0.1) is 10.4 Å². The van der Waals surface area contributed by atoms with Crippen LogP contribution in [0.2, 0.25) is 10.3 Å². The molecule has 1 aliphatic rings. The molecule has 24 heavy (non-hydrogen) atoms. The third-order valence-electron chi connectivity index (χ3n) is 4.31. The van der Waals surface area contributed by atoms with E-state index in [9.17, 15) is 4.39 Å². The molecule has 7 heteroatoms. The van der Waals surface area contributed by atoms with Gasteiger partial charge in [-0.1, -0.05) is 18.5 Å². The van der Waals surface area contributed by atoms with Crippen molar-refractivity contribution in [2.45, 2.75) is 26.2 Å². The van der Waals surface area contributed by atoms with Gasteiger partial charge in [0.15, 0.2) is 0 Å². The topological polar surface area (TPSA) is 37.8 Å². The molecule has 2 aromatic heterocycles. The highest BCUT2D eigenvalue weighted by atomic mass is 35.5. The van der Waals surface area contributed by atoms with Crippen LogP contribution in [0.4, 0.5) is 15.9 Å². The molecule has 3 nitrogen and oxygen atoms in total. The number of halogens is 3. The van der Waals surface area contributed by atoms with Crippen LogP contribution in [0.15, 0.2) is 18.2 Å².